The number of nitrogens with one attached hydrogen (secondary N) is 2. The standard InChI is InChI=1S/C18H24ClN3O4/c1-25-15-10-14(16(26-2)9-13(15)19)21-18(24)20-12-5-7-22(8-6-12)17(23)11-3-4-11/h9-12H,3-8H2,1-2H3,(H2,20,21,24). The molecule has 1 saturated heterocycles. The third-order valence-electron chi connectivity index (χ3n) is 4.79. The molecule has 142 valence electrons. The van der Waals surface area contributed by atoms with Crippen LogP contribution >= 0.6 is 11.6 Å². The molecule has 1 aromatic carbocycles. The Morgan fingerprint density at radius 1 is 1.08 bits per heavy atom. The number of carbonyl (C=O) groups excluding carboxylic acids is 2. The number of hydrogen-bond donors (Lipinski definition) is 2. The number of nitrogens with zero attached hydrogens (tertiary/aromatic N) is 1. The van der Waals surface area contributed by atoms with E-state index in [1.165, 1.54) is 14.2 Å². The first-order chi connectivity index (χ1) is 12.5. The van der Waals surface area contributed by atoms with Crippen LogP contribution in [0.4, 0.5) is 10.5 Å². The normalized spacial score (nSPS) is 17.6. The molecule has 2 N–H and O–H groups in total. The largest absolute Gasteiger partial charge is 0.495 e. The van der Waals surface area contributed by atoms with Gasteiger partial charge in [0.1, 0.15) is 11.5 Å². The molecule has 1 heterocycles. The van der Waals surface area contributed by atoms with Crippen LogP contribution < -0.4 is 20.1 Å². The van der Waals surface area contributed by atoms with Crippen molar-refractivity contribution in [3.05, 3.63) is 17.2 Å². The van der Waals surface area contributed by atoms with Gasteiger partial charge in [0.05, 0.1) is 24.9 Å². The van der Waals surface area contributed by atoms with Gasteiger partial charge in [0.15, 0.2) is 0 Å². The van der Waals surface area contributed by atoms with E-state index < -0.39 is 0 Å². The maximum Gasteiger partial charge on any atom is 0.319 e. The fourth-order valence-corrected chi connectivity index (χ4v) is 3.37. The number of halogens is 1. The zero-order valence-electron chi connectivity index (χ0n) is 15.0. The second kappa shape index (κ2) is 8.03. The number of rotatable bonds is 5. The van der Waals surface area contributed by atoms with Gasteiger partial charge in [-0.25, -0.2) is 4.79 Å². The molecule has 1 aromatic rings. The number of benzene rings is 1. The highest BCUT2D eigenvalue weighted by Crippen LogP contribution is 2.36. The molecule has 0 radical (unpaired) electrons. The van der Waals surface area contributed by atoms with Crippen LogP contribution in [-0.4, -0.2) is 50.2 Å². The van der Waals surface area contributed by atoms with Crippen LogP contribution in [0.3, 0.4) is 0 Å². The monoisotopic (exact) mass is 381 g/mol. The Labute approximate surface area is 158 Å². The zero-order valence-corrected chi connectivity index (χ0v) is 15.8. The van der Waals surface area contributed by atoms with Crippen LogP contribution in [0.2, 0.25) is 5.02 Å². The highest BCUT2D eigenvalue weighted by atomic mass is 35.5. The van der Waals surface area contributed by atoms with Gasteiger partial charge in [0, 0.05) is 37.2 Å². The molecular weight excluding hydrogens is 358 g/mol. The van der Waals surface area contributed by atoms with Crippen molar-refractivity contribution in [1.29, 1.82) is 0 Å². The Kier molecular flexibility index (Phi) is 5.76. The summed E-state index contributed by atoms with van der Waals surface area (Å²) in [5.74, 6) is 1.42. The predicted octanol–water partition coefficient (Wildman–Crippen LogP) is 2.88. The molecule has 0 spiro atoms. The van der Waals surface area contributed by atoms with Crippen LogP contribution in [0.1, 0.15) is 25.7 Å². The third-order valence-corrected chi connectivity index (χ3v) is 5.09. The lowest BCUT2D eigenvalue weighted by atomic mass is 10.0. The van der Waals surface area contributed by atoms with Crippen molar-refractivity contribution in [2.24, 2.45) is 5.92 Å². The van der Waals surface area contributed by atoms with Crippen LogP contribution in [0.15, 0.2) is 12.1 Å². The van der Waals surface area contributed by atoms with Gasteiger partial charge in [0.25, 0.3) is 0 Å². The van der Waals surface area contributed by atoms with Gasteiger partial charge < -0.3 is 25.0 Å². The molecule has 0 atom stereocenters. The SMILES string of the molecule is COc1cc(NC(=O)NC2CCN(C(=O)C3CC3)CC2)c(OC)cc1Cl. The summed E-state index contributed by atoms with van der Waals surface area (Å²) in [7, 11) is 3.02. The van der Waals surface area contributed by atoms with Gasteiger partial charge in [-0.2, -0.15) is 0 Å². The summed E-state index contributed by atoms with van der Waals surface area (Å²) in [6.07, 6.45) is 3.55. The van der Waals surface area contributed by atoms with Crippen molar-refractivity contribution >= 4 is 29.2 Å². The van der Waals surface area contributed by atoms with Crippen molar-refractivity contribution in [2.75, 3.05) is 32.6 Å². The second-order valence-electron chi connectivity index (χ2n) is 6.66. The molecule has 0 unspecified atom stereocenters. The molecule has 0 aromatic heterocycles. The van der Waals surface area contributed by atoms with Gasteiger partial charge in [0.2, 0.25) is 5.91 Å². The first-order valence-corrected chi connectivity index (χ1v) is 9.17. The number of carbonyl (C=O) groups is 2. The third kappa shape index (κ3) is 4.33. The maximum absolute atomic E-state index is 12.3. The molecular formula is C18H24ClN3O4. The van der Waals surface area contributed by atoms with E-state index in [0.29, 0.717) is 35.3 Å². The summed E-state index contributed by atoms with van der Waals surface area (Å²) in [5.41, 5.74) is 0.479. The summed E-state index contributed by atoms with van der Waals surface area (Å²) in [4.78, 5) is 26.3. The average Bonchev–Trinajstić information content (AvgIpc) is 3.48. The fraction of sp³-hybridized carbons (Fsp3) is 0.556. The lowest BCUT2D eigenvalue weighted by Crippen LogP contribution is -2.47. The number of urea groups is 1. The Morgan fingerprint density at radius 2 is 1.73 bits per heavy atom. The number of likely N-dealkylation sites (tertiary alicyclic amines) is 1. The summed E-state index contributed by atoms with van der Waals surface area (Å²) >= 11 is 6.07. The van der Waals surface area contributed by atoms with E-state index in [-0.39, 0.29) is 23.9 Å². The highest BCUT2D eigenvalue weighted by Gasteiger charge is 2.35. The molecule has 2 fully saturated rings. The first-order valence-electron chi connectivity index (χ1n) is 8.79. The first kappa shape index (κ1) is 18.6. The van der Waals surface area contributed by atoms with E-state index in [1.807, 2.05) is 4.90 Å². The molecule has 8 heteroatoms. The minimum atomic E-state index is -0.320. The van der Waals surface area contributed by atoms with Crippen molar-refractivity contribution in [3.63, 3.8) is 0 Å². The van der Waals surface area contributed by atoms with E-state index >= 15 is 0 Å². The molecule has 3 amide bonds. The Hall–Kier alpha value is -2.15. The predicted molar refractivity (Wildman–Crippen MR) is 99.0 cm³/mol. The lowest BCUT2D eigenvalue weighted by Gasteiger charge is -2.32. The number of ether oxygens (including phenoxy) is 2. The number of anilines is 1. The van der Waals surface area contributed by atoms with Crippen molar-refractivity contribution in [3.8, 4) is 11.5 Å². The van der Waals surface area contributed by atoms with Crippen molar-refractivity contribution in [1.82, 2.24) is 10.2 Å². The smallest absolute Gasteiger partial charge is 0.319 e. The quantitative estimate of drug-likeness (QED) is 0.821. The topological polar surface area (TPSA) is 79.9 Å². The Morgan fingerprint density at radius 3 is 2.31 bits per heavy atom. The van der Waals surface area contributed by atoms with Crippen LogP contribution in [-0.2, 0) is 4.79 Å². The Bertz CT molecular complexity index is 685. The highest BCUT2D eigenvalue weighted by molar-refractivity contribution is 6.32. The Balaban J connectivity index is 1.54. The van der Waals surface area contributed by atoms with Gasteiger partial charge in [-0.05, 0) is 25.7 Å². The van der Waals surface area contributed by atoms with Crippen LogP contribution in [0.25, 0.3) is 0 Å². The fourth-order valence-electron chi connectivity index (χ4n) is 3.13. The van der Waals surface area contributed by atoms with Gasteiger partial charge in [-0.3, -0.25) is 4.79 Å². The van der Waals surface area contributed by atoms with Gasteiger partial charge in [-0.1, -0.05) is 11.6 Å². The van der Waals surface area contributed by atoms with Crippen LogP contribution in [0.5, 0.6) is 11.5 Å². The molecule has 1 saturated carbocycles. The van der Waals surface area contributed by atoms with E-state index in [2.05, 4.69) is 10.6 Å². The van der Waals surface area contributed by atoms with E-state index in [9.17, 15) is 9.59 Å². The summed E-state index contributed by atoms with van der Waals surface area (Å²) in [5, 5.41) is 6.14. The summed E-state index contributed by atoms with van der Waals surface area (Å²) in [6, 6.07) is 2.94. The molecule has 1 aliphatic heterocycles. The molecule has 0 bridgehead atoms. The minimum Gasteiger partial charge on any atom is -0.495 e. The molecule has 1 aliphatic carbocycles. The molecule has 3 rings (SSSR count). The summed E-state index contributed by atoms with van der Waals surface area (Å²) < 4.78 is 10.4. The molecule has 2 aliphatic rings. The lowest BCUT2D eigenvalue weighted by molar-refractivity contribution is -0.133. The van der Waals surface area contributed by atoms with Crippen molar-refractivity contribution < 1.29 is 19.1 Å². The van der Waals surface area contributed by atoms with E-state index in [0.717, 1.165) is 25.7 Å². The maximum atomic E-state index is 12.3. The molecule has 26 heavy (non-hydrogen) atoms. The number of hydrogen-bond acceptors (Lipinski definition) is 4. The zero-order chi connectivity index (χ0) is 18.7. The van der Waals surface area contributed by atoms with Gasteiger partial charge >= 0.3 is 6.03 Å². The number of methoxy groups -OCH3 is 2. The van der Waals surface area contributed by atoms with Crippen LogP contribution in [0, 0.1) is 5.92 Å². The summed E-state index contributed by atoms with van der Waals surface area (Å²) in [6.45, 7) is 1.39. The van der Waals surface area contributed by atoms with E-state index in [1.54, 1.807) is 12.1 Å². The van der Waals surface area contributed by atoms with Gasteiger partial charge in [-0.15, -0.1) is 0 Å². The molecule has 7 nitrogen and oxygen atoms in total. The number of amides is 3. The van der Waals surface area contributed by atoms with Crippen molar-refractivity contribution in [2.45, 2.75) is 31.7 Å². The second-order valence-corrected chi connectivity index (χ2v) is 7.07. The average molecular weight is 382 g/mol. The minimum absolute atomic E-state index is 0.0402. The van der Waals surface area contributed by atoms with E-state index in [4.69, 9.17) is 21.1 Å². The number of piperidine rings is 1.